The highest BCUT2D eigenvalue weighted by Crippen LogP contribution is 2.36. The SMILES string of the molecule is C.Cc1nnsc1C(=O)Nc1ccc(B2OC(C)(C)C(C)(C)O2)cc1.Cc1nnsc1C(=O)Nc1ccc(Br)cc1.Cc1nnsc1OC=O.Nc1ccc(Br)cc1. The third-order valence-corrected chi connectivity index (χ3v) is 11.6. The summed E-state index contributed by atoms with van der Waals surface area (Å²) < 4.78 is 29.6. The monoisotopic (exact) mass is 973 g/mol. The number of halogens is 2. The fourth-order valence-corrected chi connectivity index (χ4v) is 6.45. The van der Waals surface area contributed by atoms with Crippen molar-refractivity contribution in [3.8, 4) is 5.06 Å². The van der Waals surface area contributed by atoms with Gasteiger partial charge in [0.15, 0.2) is 0 Å². The third kappa shape index (κ3) is 13.8. The molecule has 3 aromatic heterocycles. The molecule has 0 bridgehead atoms. The van der Waals surface area contributed by atoms with E-state index in [9.17, 15) is 14.4 Å². The minimum Gasteiger partial charge on any atom is -0.414 e. The molecule has 58 heavy (non-hydrogen) atoms. The molecule has 306 valence electrons. The number of nitrogens with one attached hydrogen (secondary N) is 2. The van der Waals surface area contributed by atoms with E-state index in [0.717, 1.165) is 60.4 Å². The lowest BCUT2D eigenvalue weighted by atomic mass is 9.79. The van der Waals surface area contributed by atoms with Crippen molar-refractivity contribution < 1.29 is 28.4 Å². The number of aryl methyl sites for hydroxylation is 3. The van der Waals surface area contributed by atoms with Gasteiger partial charge in [0, 0.05) is 37.5 Å². The molecule has 3 aromatic carbocycles. The van der Waals surface area contributed by atoms with Crippen LogP contribution in [0.1, 0.15) is 71.5 Å². The van der Waals surface area contributed by atoms with E-state index < -0.39 is 7.12 Å². The van der Waals surface area contributed by atoms with Crippen LogP contribution in [0.5, 0.6) is 5.06 Å². The Labute approximate surface area is 366 Å². The maximum absolute atomic E-state index is 12.2. The Morgan fingerprint density at radius 2 is 1.09 bits per heavy atom. The van der Waals surface area contributed by atoms with Gasteiger partial charge in [-0.05, 0) is 138 Å². The molecule has 15 nitrogen and oxygen atoms in total. The summed E-state index contributed by atoms with van der Waals surface area (Å²) in [5.74, 6) is -0.374. The number of benzene rings is 3. The summed E-state index contributed by atoms with van der Waals surface area (Å²) in [6.07, 6.45) is 0. The predicted molar refractivity (Wildman–Crippen MR) is 238 cm³/mol. The molecule has 21 heteroatoms. The van der Waals surface area contributed by atoms with Gasteiger partial charge in [-0.15, -0.1) is 15.3 Å². The summed E-state index contributed by atoms with van der Waals surface area (Å²) >= 11 is 9.87. The van der Waals surface area contributed by atoms with Gasteiger partial charge in [0.2, 0.25) is 5.06 Å². The van der Waals surface area contributed by atoms with Crippen molar-refractivity contribution in [1.29, 1.82) is 0 Å². The summed E-state index contributed by atoms with van der Waals surface area (Å²) in [6, 6.07) is 22.4. The zero-order valence-electron chi connectivity index (χ0n) is 31.8. The summed E-state index contributed by atoms with van der Waals surface area (Å²) in [7, 11) is -0.410. The van der Waals surface area contributed by atoms with Gasteiger partial charge in [-0.1, -0.05) is 64.9 Å². The molecule has 0 saturated carbocycles. The number of nitrogens with zero attached hydrogens (tertiary/aromatic N) is 6. The second-order valence-corrected chi connectivity index (χ2v) is 17.0. The molecule has 1 aliphatic heterocycles. The summed E-state index contributed by atoms with van der Waals surface area (Å²) in [5, 5.41) is 17.4. The molecule has 2 amide bonds. The second kappa shape index (κ2) is 22.0. The topological polar surface area (TPSA) is 206 Å². The first-order chi connectivity index (χ1) is 27.0. The number of nitrogen functional groups attached to an aromatic ring is 1. The molecule has 1 aliphatic rings. The number of carbonyl (C=O) groups is 3. The number of aromatic nitrogens is 6. The van der Waals surface area contributed by atoms with Crippen molar-refractivity contribution in [2.75, 3.05) is 16.4 Å². The molecule has 0 atom stereocenters. The van der Waals surface area contributed by atoms with Crippen LogP contribution in [0.2, 0.25) is 0 Å². The normalized spacial score (nSPS) is 13.2. The predicted octanol–water partition coefficient (Wildman–Crippen LogP) is 8.31. The highest BCUT2D eigenvalue weighted by atomic mass is 79.9. The van der Waals surface area contributed by atoms with Crippen LogP contribution in [0, 0.1) is 20.8 Å². The molecule has 0 spiro atoms. The molecule has 1 fully saturated rings. The Hall–Kier alpha value is -4.51. The fraction of sp³-hybridized carbons (Fsp3) is 0.270. The maximum atomic E-state index is 12.2. The van der Waals surface area contributed by atoms with E-state index in [-0.39, 0.29) is 30.4 Å². The van der Waals surface area contributed by atoms with Crippen molar-refractivity contribution in [1.82, 2.24) is 28.8 Å². The lowest BCUT2D eigenvalue weighted by Crippen LogP contribution is -2.41. The van der Waals surface area contributed by atoms with Gasteiger partial charge in [0.05, 0.1) is 22.6 Å². The highest BCUT2D eigenvalue weighted by Gasteiger charge is 2.51. The van der Waals surface area contributed by atoms with E-state index in [4.69, 9.17) is 15.0 Å². The highest BCUT2D eigenvalue weighted by molar-refractivity contribution is 9.10. The van der Waals surface area contributed by atoms with E-state index in [1.54, 1.807) is 20.8 Å². The van der Waals surface area contributed by atoms with Crippen LogP contribution in [-0.2, 0) is 14.1 Å². The fourth-order valence-electron chi connectivity index (χ4n) is 4.33. The zero-order valence-corrected chi connectivity index (χ0v) is 37.4. The van der Waals surface area contributed by atoms with Crippen LogP contribution >= 0.6 is 66.5 Å². The summed E-state index contributed by atoms with van der Waals surface area (Å²) in [6.45, 7) is 13.7. The number of anilines is 3. The van der Waals surface area contributed by atoms with Crippen LogP contribution in [-0.4, -0.2) is 65.4 Å². The maximum Gasteiger partial charge on any atom is 0.494 e. The molecular formula is C37H42BBr2N9O6S3. The van der Waals surface area contributed by atoms with Crippen molar-refractivity contribution >= 4 is 114 Å². The summed E-state index contributed by atoms with van der Waals surface area (Å²) in [5.41, 5.74) is 9.76. The van der Waals surface area contributed by atoms with Gasteiger partial charge in [0.1, 0.15) is 15.4 Å². The Kier molecular flexibility index (Phi) is 18.2. The van der Waals surface area contributed by atoms with E-state index in [0.29, 0.717) is 44.1 Å². The number of hydrogen-bond acceptors (Lipinski definition) is 16. The average molecular weight is 976 g/mol. The quantitative estimate of drug-likeness (QED) is 0.0783. The Morgan fingerprint density at radius 1 is 0.690 bits per heavy atom. The number of ether oxygens (including phenoxy) is 1. The number of rotatable bonds is 7. The lowest BCUT2D eigenvalue weighted by Gasteiger charge is -2.32. The number of nitrogens with two attached hydrogens (primary N) is 1. The van der Waals surface area contributed by atoms with Crippen molar-refractivity contribution in [2.45, 2.75) is 67.1 Å². The van der Waals surface area contributed by atoms with Gasteiger partial charge in [-0.3, -0.25) is 14.4 Å². The largest absolute Gasteiger partial charge is 0.494 e. The van der Waals surface area contributed by atoms with Crippen LogP contribution in [0.25, 0.3) is 0 Å². The Balaban J connectivity index is 0.000000227. The molecule has 7 rings (SSSR count). The Bertz CT molecular complexity index is 2200. The standard InChI is InChI=1S/C16H20BN3O3S.C10H8BrN3OS.C6H6BrN.C4H4N2O2S.CH4/c1-10-13(24-20-19-10)14(21)18-12-8-6-11(7-9-12)17-22-15(2,3)16(4,5)23-17;1-6-9(16-14-13-6)10(15)12-8-4-2-7(11)3-5-8;7-5-1-3-6(8)4-2-5;1-3-4(8-2-7)9-6-5-3;/h6-9H,1-5H3,(H,18,21);2-5H,1H3,(H,12,15);1-4H,8H2;2H,1H3;1H4. The number of hydrogen-bond donors (Lipinski definition) is 3. The van der Waals surface area contributed by atoms with Gasteiger partial charge in [-0.25, -0.2) is 0 Å². The molecule has 4 N–H and O–H groups in total. The number of amides is 2. The first-order valence-electron chi connectivity index (χ1n) is 16.8. The first-order valence-corrected chi connectivity index (χ1v) is 20.7. The van der Waals surface area contributed by atoms with Gasteiger partial charge in [-0.2, -0.15) is 0 Å². The number of carbonyl (C=O) groups excluding carboxylic acids is 3. The van der Waals surface area contributed by atoms with Gasteiger partial charge < -0.3 is 30.4 Å². The van der Waals surface area contributed by atoms with Crippen molar-refractivity contribution in [3.63, 3.8) is 0 Å². The van der Waals surface area contributed by atoms with E-state index in [1.807, 2.05) is 100 Å². The minimum absolute atomic E-state index is 0. The first kappa shape index (κ1) is 47.9. The average Bonchev–Trinajstić information content (AvgIpc) is 3.95. The van der Waals surface area contributed by atoms with Crippen LogP contribution in [0.4, 0.5) is 17.1 Å². The zero-order chi connectivity index (χ0) is 41.8. The van der Waals surface area contributed by atoms with Crippen molar-refractivity contribution in [3.05, 3.63) is 109 Å². The molecule has 0 unspecified atom stereocenters. The second-order valence-electron chi connectivity index (χ2n) is 12.9. The van der Waals surface area contributed by atoms with Crippen LogP contribution in [0.3, 0.4) is 0 Å². The molecule has 1 saturated heterocycles. The van der Waals surface area contributed by atoms with Crippen LogP contribution in [0.15, 0.2) is 81.7 Å². The minimum atomic E-state index is -0.410. The summed E-state index contributed by atoms with van der Waals surface area (Å²) in [4.78, 5) is 34.8. The van der Waals surface area contributed by atoms with E-state index in [1.165, 1.54) is 0 Å². The molecular weight excluding hydrogens is 933 g/mol. The van der Waals surface area contributed by atoms with Gasteiger partial charge in [0.25, 0.3) is 18.3 Å². The van der Waals surface area contributed by atoms with E-state index >= 15 is 0 Å². The molecule has 0 aliphatic carbocycles. The third-order valence-electron chi connectivity index (χ3n) is 8.15. The molecule has 4 heterocycles. The van der Waals surface area contributed by atoms with Gasteiger partial charge >= 0.3 is 7.12 Å². The smallest absolute Gasteiger partial charge is 0.414 e. The molecule has 0 radical (unpaired) electrons. The van der Waals surface area contributed by atoms with Crippen molar-refractivity contribution in [2.24, 2.45) is 0 Å². The molecule has 6 aromatic rings. The Morgan fingerprint density at radius 3 is 1.45 bits per heavy atom. The lowest BCUT2D eigenvalue weighted by molar-refractivity contribution is -0.120. The van der Waals surface area contributed by atoms with Crippen LogP contribution < -0.4 is 26.6 Å². The van der Waals surface area contributed by atoms with E-state index in [2.05, 4.69) is 76.0 Å².